The molecule has 2 aromatic carbocycles. The van der Waals surface area contributed by atoms with Crippen molar-refractivity contribution in [2.45, 2.75) is 39.8 Å². The monoisotopic (exact) mass is 412 g/mol. The first kappa shape index (κ1) is 21.6. The van der Waals surface area contributed by atoms with E-state index in [1.807, 2.05) is 69.4 Å². The molecule has 0 aliphatic carbocycles. The number of para-hydroxylation sites is 2. The van der Waals surface area contributed by atoms with Gasteiger partial charge in [0, 0.05) is 5.56 Å². The molecule has 2 atom stereocenters. The summed E-state index contributed by atoms with van der Waals surface area (Å²) in [6.45, 7) is 8.93. The third-order valence-corrected chi connectivity index (χ3v) is 5.10. The molecule has 2 amide bonds. The van der Waals surface area contributed by atoms with Gasteiger partial charge >= 0.3 is 0 Å². The molecule has 160 valence electrons. The van der Waals surface area contributed by atoms with Crippen LogP contribution in [0.25, 0.3) is 0 Å². The molecule has 7 heteroatoms. The van der Waals surface area contributed by atoms with Gasteiger partial charge in [-0.2, -0.15) is 0 Å². The van der Waals surface area contributed by atoms with E-state index in [9.17, 15) is 9.59 Å². The van der Waals surface area contributed by atoms with Crippen LogP contribution in [0.3, 0.4) is 0 Å². The Labute approximate surface area is 177 Å². The number of carbonyl (C=O) groups is 2. The lowest BCUT2D eigenvalue weighted by Crippen LogP contribution is -2.92. The van der Waals surface area contributed by atoms with Crippen LogP contribution in [0.4, 0.5) is 11.4 Å². The second kappa shape index (κ2) is 9.63. The predicted molar refractivity (Wildman–Crippen MR) is 116 cm³/mol. The van der Waals surface area contributed by atoms with Crippen LogP contribution in [-0.2, 0) is 9.59 Å². The van der Waals surface area contributed by atoms with Gasteiger partial charge in [-0.15, -0.1) is 0 Å². The van der Waals surface area contributed by atoms with Gasteiger partial charge in [0.15, 0.2) is 17.5 Å². The van der Waals surface area contributed by atoms with E-state index < -0.39 is 0 Å². The number of rotatable bonds is 8. The van der Waals surface area contributed by atoms with Gasteiger partial charge in [0.1, 0.15) is 12.6 Å². The molecule has 0 spiro atoms. The lowest BCUT2D eigenvalue weighted by atomic mass is 10.1. The Morgan fingerprint density at radius 1 is 1.10 bits per heavy atom. The summed E-state index contributed by atoms with van der Waals surface area (Å²) in [5.41, 5.74) is 2.43. The second-order valence-corrected chi connectivity index (χ2v) is 7.33. The highest BCUT2D eigenvalue weighted by atomic mass is 16.5. The molecule has 3 N–H and O–H groups in total. The highest BCUT2D eigenvalue weighted by molar-refractivity contribution is 6.10. The molecular weight excluding hydrogens is 382 g/mol. The number of ether oxygens (including phenoxy) is 2. The van der Waals surface area contributed by atoms with E-state index in [1.54, 1.807) is 11.0 Å². The maximum atomic E-state index is 13.2. The third-order valence-electron chi connectivity index (χ3n) is 5.10. The van der Waals surface area contributed by atoms with Crippen LogP contribution in [-0.4, -0.2) is 37.6 Å². The lowest BCUT2D eigenvalue weighted by Gasteiger charge is -2.30. The van der Waals surface area contributed by atoms with Crippen molar-refractivity contribution in [1.29, 1.82) is 0 Å². The molecule has 1 aliphatic rings. The minimum Gasteiger partial charge on any atom is -0.490 e. The van der Waals surface area contributed by atoms with Crippen molar-refractivity contribution < 1.29 is 24.4 Å². The number of nitrogens with one attached hydrogen (secondary N) is 1. The van der Waals surface area contributed by atoms with Crippen molar-refractivity contribution >= 4 is 23.2 Å². The number of fused-ring (bicyclic) bond motifs is 1. The van der Waals surface area contributed by atoms with Crippen molar-refractivity contribution in [3.05, 3.63) is 48.0 Å². The molecule has 0 saturated carbocycles. The van der Waals surface area contributed by atoms with Gasteiger partial charge in [0.05, 0.1) is 24.6 Å². The quantitative estimate of drug-likeness (QED) is 0.698. The summed E-state index contributed by atoms with van der Waals surface area (Å²) in [7, 11) is 0. The SMILES string of the molecule is CCOc1ccc([C@H](C)[NH2+][C@H](C)C(=O)N2CC(=O)Nc3ccccc32)cc1OCC. The van der Waals surface area contributed by atoms with E-state index in [4.69, 9.17) is 9.47 Å². The minimum absolute atomic E-state index is 0.0210. The zero-order valence-electron chi connectivity index (χ0n) is 18.0. The normalized spacial score (nSPS) is 15.1. The lowest BCUT2D eigenvalue weighted by molar-refractivity contribution is -0.710. The Balaban J connectivity index is 1.74. The third kappa shape index (κ3) is 4.74. The smallest absolute Gasteiger partial charge is 0.285 e. The van der Waals surface area contributed by atoms with Gasteiger partial charge in [-0.25, -0.2) is 0 Å². The molecule has 0 saturated heterocycles. The molecule has 0 radical (unpaired) electrons. The van der Waals surface area contributed by atoms with Crippen molar-refractivity contribution in [3.63, 3.8) is 0 Å². The molecular formula is C23H30N3O4+. The molecule has 0 aromatic heterocycles. The first-order valence-corrected chi connectivity index (χ1v) is 10.4. The number of nitrogens with zero attached hydrogens (tertiary/aromatic N) is 1. The summed E-state index contributed by atoms with van der Waals surface area (Å²) in [6, 6.07) is 12.9. The second-order valence-electron chi connectivity index (χ2n) is 7.33. The van der Waals surface area contributed by atoms with E-state index >= 15 is 0 Å². The minimum atomic E-state index is -0.360. The number of amides is 2. The number of quaternary nitrogens is 1. The van der Waals surface area contributed by atoms with Crippen molar-refractivity contribution in [3.8, 4) is 11.5 Å². The van der Waals surface area contributed by atoms with Crippen molar-refractivity contribution in [2.75, 3.05) is 30.0 Å². The Morgan fingerprint density at radius 2 is 1.80 bits per heavy atom. The van der Waals surface area contributed by atoms with Gasteiger partial charge in [0.25, 0.3) is 5.91 Å². The summed E-state index contributed by atoms with van der Waals surface area (Å²) in [4.78, 5) is 26.8. The summed E-state index contributed by atoms with van der Waals surface area (Å²) >= 11 is 0. The topological polar surface area (TPSA) is 84.5 Å². The van der Waals surface area contributed by atoms with E-state index in [-0.39, 0.29) is 30.4 Å². The van der Waals surface area contributed by atoms with E-state index in [2.05, 4.69) is 5.32 Å². The first-order chi connectivity index (χ1) is 14.4. The van der Waals surface area contributed by atoms with E-state index in [1.165, 1.54) is 0 Å². The average Bonchev–Trinajstić information content (AvgIpc) is 2.74. The maximum absolute atomic E-state index is 13.2. The van der Waals surface area contributed by atoms with E-state index in [0.29, 0.717) is 24.7 Å². The van der Waals surface area contributed by atoms with Crippen LogP contribution in [0, 0.1) is 0 Å². The van der Waals surface area contributed by atoms with Gasteiger partial charge in [-0.3, -0.25) is 14.5 Å². The molecule has 1 heterocycles. The van der Waals surface area contributed by atoms with Crippen molar-refractivity contribution in [2.24, 2.45) is 0 Å². The van der Waals surface area contributed by atoms with Crippen molar-refractivity contribution in [1.82, 2.24) is 0 Å². The van der Waals surface area contributed by atoms with Crippen LogP contribution in [0.2, 0.25) is 0 Å². The summed E-state index contributed by atoms with van der Waals surface area (Å²) in [5, 5.41) is 4.82. The molecule has 7 nitrogen and oxygen atoms in total. The number of hydrogen-bond acceptors (Lipinski definition) is 4. The van der Waals surface area contributed by atoms with Crippen LogP contribution in [0.5, 0.6) is 11.5 Å². The fourth-order valence-corrected chi connectivity index (χ4v) is 3.65. The Morgan fingerprint density at radius 3 is 2.53 bits per heavy atom. The molecule has 0 fully saturated rings. The standard InChI is InChI=1S/C23H29N3O4/c1-5-29-20-12-11-17(13-21(20)30-6-2)15(3)24-16(4)23(28)26-14-22(27)25-18-9-7-8-10-19(18)26/h7-13,15-16,24H,5-6,14H2,1-4H3,(H,25,27)/p+1/t15-,16+/m0/s1. The Bertz CT molecular complexity index is 915. The number of benzene rings is 2. The summed E-state index contributed by atoms with van der Waals surface area (Å²) < 4.78 is 11.4. The van der Waals surface area contributed by atoms with Crippen LogP contribution >= 0.6 is 0 Å². The maximum Gasteiger partial charge on any atom is 0.285 e. The molecule has 3 rings (SSSR count). The fourth-order valence-electron chi connectivity index (χ4n) is 3.65. The Hall–Kier alpha value is -3.06. The highest BCUT2D eigenvalue weighted by Gasteiger charge is 2.32. The highest BCUT2D eigenvalue weighted by Crippen LogP contribution is 2.31. The molecule has 30 heavy (non-hydrogen) atoms. The van der Waals surface area contributed by atoms with E-state index in [0.717, 1.165) is 17.0 Å². The predicted octanol–water partition coefficient (Wildman–Crippen LogP) is 2.48. The van der Waals surface area contributed by atoms with Gasteiger partial charge in [-0.1, -0.05) is 12.1 Å². The van der Waals surface area contributed by atoms with Crippen LogP contribution < -0.4 is 25.0 Å². The number of carbonyl (C=O) groups excluding carboxylic acids is 2. The number of hydrogen-bond donors (Lipinski definition) is 2. The Kier molecular flexibility index (Phi) is 6.95. The molecule has 2 aromatic rings. The van der Waals surface area contributed by atoms with Crippen LogP contribution in [0.1, 0.15) is 39.3 Å². The summed E-state index contributed by atoms with van der Waals surface area (Å²) in [5.74, 6) is 1.14. The summed E-state index contributed by atoms with van der Waals surface area (Å²) in [6.07, 6.45) is 0. The molecule has 0 unspecified atom stereocenters. The average molecular weight is 413 g/mol. The largest absolute Gasteiger partial charge is 0.490 e. The zero-order chi connectivity index (χ0) is 21.7. The van der Waals surface area contributed by atoms with Gasteiger partial charge < -0.3 is 20.1 Å². The number of nitrogens with two attached hydrogens (primary N) is 1. The van der Waals surface area contributed by atoms with Gasteiger partial charge in [0.2, 0.25) is 5.91 Å². The molecule has 1 aliphatic heterocycles. The fraction of sp³-hybridized carbons (Fsp3) is 0.391. The zero-order valence-corrected chi connectivity index (χ0v) is 18.0. The van der Waals surface area contributed by atoms with Crippen LogP contribution in [0.15, 0.2) is 42.5 Å². The van der Waals surface area contributed by atoms with Gasteiger partial charge in [-0.05, 0) is 58.0 Å². The number of anilines is 2. The molecule has 0 bridgehead atoms. The first-order valence-electron chi connectivity index (χ1n) is 10.4.